The Kier molecular flexibility index (Phi) is 5.53. The van der Waals surface area contributed by atoms with Gasteiger partial charge in [0.15, 0.2) is 5.17 Å². The second-order valence-corrected chi connectivity index (χ2v) is 7.87. The third-order valence-corrected chi connectivity index (χ3v) is 5.73. The maximum Gasteiger partial charge on any atom is 0.240 e. The van der Waals surface area contributed by atoms with Crippen LogP contribution in [0.3, 0.4) is 0 Å². The van der Waals surface area contributed by atoms with Crippen molar-refractivity contribution in [1.29, 1.82) is 0 Å². The van der Waals surface area contributed by atoms with Crippen molar-refractivity contribution < 1.29 is 9.59 Å². The van der Waals surface area contributed by atoms with Crippen LogP contribution in [0.2, 0.25) is 0 Å². The zero-order valence-electron chi connectivity index (χ0n) is 15.2. The molecule has 0 bridgehead atoms. The lowest BCUT2D eigenvalue weighted by molar-refractivity contribution is -0.122. The summed E-state index contributed by atoms with van der Waals surface area (Å²) >= 11 is 1.25. The highest BCUT2D eigenvalue weighted by molar-refractivity contribution is 8.15. The predicted molar refractivity (Wildman–Crippen MR) is 113 cm³/mol. The number of thioether (sulfide) groups is 1. The molecular formula is C21H20N4O2S. The molecule has 1 fully saturated rings. The van der Waals surface area contributed by atoms with E-state index < -0.39 is 5.25 Å². The van der Waals surface area contributed by atoms with Crippen molar-refractivity contribution in [2.45, 2.75) is 30.9 Å². The van der Waals surface area contributed by atoms with Crippen LogP contribution in [-0.2, 0) is 16.0 Å². The lowest BCUT2D eigenvalue weighted by atomic mass is 9.90. The van der Waals surface area contributed by atoms with Crippen molar-refractivity contribution in [2.75, 3.05) is 5.32 Å². The highest BCUT2D eigenvalue weighted by Crippen LogP contribution is 2.25. The first kappa shape index (κ1) is 18.4. The molecule has 2 aliphatic rings. The molecule has 2 aromatic carbocycles. The topological polar surface area (TPSA) is 82.9 Å². The molecule has 4 rings (SSSR count). The third-order valence-electron chi connectivity index (χ3n) is 4.65. The Morgan fingerprint density at radius 2 is 1.86 bits per heavy atom. The average Bonchev–Trinajstić information content (AvgIpc) is 3.06. The van der Waals surface area contributed by atoms with Gasteiger partial charge in [-0.15, -0.1) is 5.10 Å². The van der Waals surface area contributed by atoms with Gasteiger partial charge in [0.05, 0.1) is 5.71 Å². The molecule has 28 heavy (non-hydrogen) atoms. The van der Waals surface area contributed by atoms with E-state index in [-0.39, 0.29) is 18.2 Å². The van der Waals surface area contributed by atoms with Crippen LogP contribution < -0.4 is 10.6 Å². The van der Waals surface area contributed by atoms with E-state index in [1.165, 1.54) is 17.3 Å². The number of fused-ring (bicyclic) bond motifs is 1. The highest BCUT2D eigenvalue weighted by Gasteiger charge is 2.32. The number of amides is 2. The van der Waals surface area contributed by atoms with E-state index in [9.17, 15) is 9.59 Å². The summed E-state index contributed by atoms with van der Waals surface area (Å²) in [5.74, 6) is -0.413. The van der Waals surface area contributed by atoms with Gasteiger partial charge in [-0.05, 0) is 37.0 Å². The largest absolute Gasteiger partial charge is 0.326 e. The first-order chi connectivity index (χ1) is 13.7. The van der Waals surface area contributed by atoms with Crippen molar-refractivity contribution in [3.63, 3.8) is 0 Å². The number of anilines is 1. The van der Waals surface area contributed by atoms with Crippen molar-refractivity contribution >= 4 is 40.1 Å². The summed E-state index contributed by atoms with van der Waals surface area (Å²) < 4.78 is 0. The summed E-state index contributed by atoms with van der Waals surface area (Å²) in [7, 11) is 0. The zero-order valence-corrected chi connectivity index (χ0v) is 16.0. The number of carbonyl (C=O) groups is 2. The standard InChI is InChI=1S/C21H20N4O2S/c26-19(22-15-9-2-1-3-10-15)13-18-20(27)23-21(28-18)25-24-17-12-6-8-14-7-4-5-11-16(14)17/h1-5,7,9-11,18H,6,8,12-13H2,(H,22,26)(H,23,25,27)/b24-17+. The van der Waals surface area contributed by atoms with Crippen LogP contribution in [-0.4, -0.2) is 27.9 Å². The van der Waals surface area contributed by atoms with Gasteiger partial charge in [-0.1, -0.05) is 54.2 Å². The summed E-state index contributed by atoms with van der Waals surface area (Å²) in [6.07, 6.45) is 3.05. The van der Waals surface area contributed by atoms with E-state index in [2.05, 4.69) is 33.0 Å². The van der Waals surface area contributed by atoms with E-state index >= 15 is 0 Å². The predicted octanol–water partition coefficient (Wildman–Crippen LogP) is 3.34. The lowest BCUT2D eigenvalue weighted by Gasteiger charge is -2.16. The van der Waals surface area contributed by atoms with Crippen molar-refractivity contribution in [2.24, 2.45) is 10.2 Å². The van der Waals surface area contributed by atoms with E-state index in [0.717, 1.165) is 30.5 Å². The molecule has 7 heteroatoms. The molecule has 0 spiro atoms. The van der Waals surface area contributed by atoms with Gasteiger partial charge >= 0.3 is 0 Å². The first-order valence-electron chi connectivity index (χ1n) is 9.24. The second kappa shape index (κ2) is 8.39. The number of nitrogens with one attached hydrogen (secondary N) is 2. The van der Waals surface area contributed by atoms with Gasteiger partial charge in [0.1, 0.15) is 5.25 Å². The molecule has 0 saturated carbocycles. The molecule has 0 aromatic heterocycles. The molecule has 142 valence electrons. The molecule has 1 atom stereocenters. The monoisotopic (exact) mass is 392 g/mol. The van der Waals surface area contributed by atoms with Gasteiger partial charge < -0.3 is 10.6 Å². The van der Waals surface area contributed by atoms with Gasteiger partial charge in [0.25, 0.3) is 0 Å². The van der Waals surface area contributed by atoms with Crippen LogP contribution in [0.1, 0.15) is 30.4 Å². The number of para-hydroxylation sites is 1. The Morgan fingerprint density at radius 1 is 1.07 bits per heavy atom. The van der Waals surface area contributed by atoms with Crippen molar-refractivity contribution in [1.82, 2.24) is 5.32 Å². The normalized spacial score (nSPS) is 21.4. The number of benzene rings is 2. The Labute approximate surface area is 167 Å². The first-order valence-corrected chi connectivity index (χ1v) is 10.1. The summed E-state index contributed by atoms with van der Waals surface area (Å²) in [4.78, 5) is 24.4. The summed E-state index contributed by atoms with van der Waals surface area (Å²) in [5.41, 5.74) is 4.07. The highest BCUT2D eigenvalue weighted by atomic mass is 32.2. The number of nitrogens with zero attached hydrogens (tertiary/aromatic N) is 2. The summed E-state index contributed by atoms with van der Waals surface area (Å²) in [6, 6.07) is 17.4. The Morgan fingerprint density at radius 3 is 2.71 bits per heavy atom. The van der Waals surface area contributed by atoms with Crippen LogP contribution in [0.4, 0.5) is 5.69 Å². The van der Waals surface area contributed by atoms with Crippen LogP contribution in [0.5, 0.6) is 0 Å². The van der Waals surface area contributed by atoms with E-state index in [4.69, 9.17) is 0 Å². The minimum Gasteiger partial charge on any atom is -0.326 e. The molecule has 6 nitrogen and oxygen atoms in total. The summed E-state index contributed by atoms with van der Waals surface area (Å²) in [6.45, 7) is 0. The molecule has 1 unspecified atom stereocenters. The Hall–Kier alpha value is -2.93. The summed E-state index contributed by atoms with van der Waals surface area (Å²) in [5, 5.41) is 14.1. The maximum absolute atomic E-state index is 12.2. The fourth-order valence-electron chi connectivity index (χ4n) is 3.30. The smallest absolute Gasteiger partial charge is 0.240 e. The molecule has 1 heterocycles. The lowest BCUT2D eigenvalue weighted by Crippen LogP contribution is -2.28. The number of hydrogen-bond donors (Lipinski definition) is 2. The van der Waals surface area contributed by atoms with E-state index in [1.54, 1.807) is 0 Å². The van der Waals surface area contributed by atoms with Crippen molar-refractivity contribution in [3.05, 3.63) is 65.7 Å². The van der Waals surface area contributed by atoms with Crippen molar-refractivity contribution in [3.8, 4) is 0 Å². The van der Waals surface area contributed by atoms with Gasteiger partial charge in [0, 0.05) is 17.7 Å². The quantitative estimate of drug-likeness (QED) is 0.783. The van der Waals surface area contributed by atoms with Gasteiger partial charge in [0.2, 0.25) is 11.8 Å². The molecule has 1 aliphatic heterocycles. The minimum atomic E-state index is -0.499. The van der Waals surface area contributed by atoms with Gasteiger partial charge in [-0.3, -0.25) is 9.59 Å². The van der Waals surface area contributed by atoms with Gasteiger partial charge in [-0.25, -0.2) is 0 Å². The van der Waals surface area contributed by atoms with Crippen LogP contribution >= 0.6 is 11.8 Å². The number of hydrogen-bond acceptors (Lipinski definition) is 5. The second-order valence-electron chi connectivity index (χ2n) is 6.68. The number of amidine groups is 1. The van der Waals surface area contributed by atoms with Gasteiger partial charge in [-0.2, -0.15) is 5.10 Å². The molecule has 2 aromatic rings. The average molecular weight is 392 g/mol. The van der Waals surface area contributed by atoms with E-state index in [0.29, 0.717) is 10.9 Å². The van der Waals surface area contributed by atoms with Crippen LogP contribution in [0.15, 0.2) is 64.8 Å². The van der Waals surface area contributed by atoms with E-state index in [1.807, 2.05) is 42.5 Å². The molecule has 1 aliphatic carbocycles. The SMILES string of the molecule is O=C(CC1S/C(=N\N=C2/CCCc3ccccc32)NC1=O)Nc1ccccc1. The fraction of sp³-hybridized carbons (Fsp3) is 0.238. The Balaban J connectivity index is 1.40. The number of carbonyl (C=O) groups excluding carboxylic acids is 2. The third kappa shape index (κ3) is 4.31. The van der Waals surface area contributed by atoms with Crippen LogP contribution in [0, 0.1) is 0 Å². The molecule has 1 saturated heterocycles. The minimum absolute atomic E-state index is 0.0871. The Bertz CT molecular complexity index is 956. The molecular weight excluding hydrogens is 372 g/mol. The van der Waals surface area contributed by atoms with Crippen LogP contribution in [0.25, 0.3) is 0 Å². The molecule has 2 N–H and O–H groups in total. The fourth-order valence-corrected chi connectivity index (χ4v) is 4.22. The number of rotatable bonds is 4. The zero-order chi connectivity index (χ0) is 19.3. The maximum atomic E-state index is 12.2. The molecule has 0 radical (unpaired) electrons. The molecule has 2 amide bonds. The number of aryl methyl sites for hydroxylation is 1.